The predicted octanol–water partition coefficient (Wildman–Crippen LogP) is 3.90. The zero-order chi connectivity index (χ0) is 18.3. The summed E-state index contributed by atoms with van der Waals surface area (Å²) in [6.07, 6.45) is 0.0299. The molecule has 134 valence electrons. The highest BCUT2D eigenvalue weighted by molar-refractivity contribution is 5.87. The van der Waals surface area contributed by atoms with Gasteiger partial charge in [0.1, 0.15) is 23.2 Å². The minimum absolute atomic E-state index is 0.0361. The van der Waals surface area contributed by atoms with E-state index in [4.69, 9.17) is 0 Å². The molecule has 0 radical (unpaired) electrons. The highest BCUT2D eigenvalue weighted by atomic mass is 19.4. The van der Waals surface area contributed by atoms with Crippen LogP contribution in [-0.4, -0.2) is 26.0 Å². The van der Waals surface area contributed by atoms with Crippen LogP contribution >= 0.6 is 0 Å². The summed E-state index contributed by atoms with van der Waals surface area (Å²) in [4.78, 5) is 16.6. The minimum Gasteiger partial charge on any atom is -0.351 e. The summed E-state index contributed by atoms with van der Waals surface area (Å²) in [6, 6.07) is 2.97. The number of hydrogen-bond acceptors (Lipinski definition) is 6. The maximum Gasteiger partial charge on any atom is 0.419 e. The third kappa shape index (κ3) is 3.35. The lowest BCUT2D eigenvalue weighted by atomic mass is 10.2. The monoisotopic (exact) mass is 364 g/mol. The fraction of sp³-hybridized carbons (Fsp3) is 0.250. The van der Waals surface area contributed by atoms with E-state index in [0.717, 1.165) is 18.9 Å². The fourth-order valence-electron chi connectivity index (χ4n) is 2.38. The Morgan fingerprint density at radius 2 is 1.88 bits per heavy atom. The van der Waals surface area contributed by atoms with E-state index >= 15 is 0 Å². The van der Waals surface area contributed by atoms with Gasteiger partial charge in [0.25, 0.3) is 0 Å². The maximum atomic E-state index is 13.4. The topological polar surface area (TPSA) is 75.6 Å². The first-order valence-corrected chi connectivity index (χ1v) is 7.78. The van der Waals surface area contributed by atoms with Gasteiger partial charge in [0.05, 0.1) is 11.8 Å². The Labute approximate surface area is 144 Å². The van der Waals surface area contributed by atoms with E-state index in [2.05, 4.69) is 30.6 Å². The van der Waals surface area contributed by atoms with Gasteiger partial charge in [0.15, 0.2) is 5.82 Å². The fourth-order valence-corrected chi connectivity index (χ4v) is 2.38. The lowest BCUT2D eigenvalue weighted by Gasteiger charge is -2.12. The average molecular weight is 364 g/mol. The first-order valence-electron chi connectivity index (χ1n) is 7.78. The molecule has 2 heterocycles. The van der Waals surface area contributed by atoms with Gasteiger partial charge in [0, 0.05) is 11.7 Å². The molecule has 26 heavy (non-hydrogen) atoms. The van der Waals surface area contributed by atoms with Crippen LogP contribution in [0.2, 0.25) is 0 Å². The molecular formula is C16H12F4N6. The van der Waals surface area contributed by atoms with Gasteiger partial charge < -0.3 is 10.6 Å². The van der Waals surface area contributed by atoms with Crippen LogP contribution in [0.5, 0.6) is 0 Å². The lowest BCUT2D eigenvalue weighted by Crippen LogP contribution is -2.09. The van der Waals surface area contributed by atoms with Gasteiger partial charge in [-0.1, -0.05) is 0 Å². The highest BCUT2D eigenvalue weighted by Crippen LogP contribution is 2.34. The van der Waals surface area contributed by atoms with Crippen molar-refractivity contribution in [3.63, 3.8) is 0 Å². The standard InChI is InChI=1S/C16H12F4N6/c17-11-4-3-9(5-10(11)16(18,19)20)24-14-13-12(22-7-23-14)6-21-15(26-13)25-8-1-2-8/h3-8H,1-2H2,(H,21,25,26)(H,22,23,24). The van der Waals surface area contributed by atoms with Crippen molar-refractivity contribution in [1.82, 2.24) is 19.9 Å². The Morgan fingerprint density at radius 3 is 2.62 bits per heavy atom. The number of fused-ring (bicyclic) bond motifs is 1. The summed E-state index contributed by atoms with van der Waals surface area (Å²) >= 11 is 0. The average Bonchev–Trinajstić information content (AvgIpc) is 3.40. The van der Waals surface area contributed by atoms with Crippen LogP contribution in [0.3, 0.4) is 0 Å². The number of nitrogens with one attached hydrogen (secondary N) is 2. The van der Waals surface area contributed by atoms with Crippen LogP contribution in [0.15, 0.2) is 30.7 Å². The molecule has 0 unspecified atom stereocenters. The van der Waals surface area contributed by atoms with Gasteiger partial charge in [-0.15, -0.1) is 0 Å². The van der Waals surface area contributed by atoms with Gasteiger partial charge in [-0.05, 0) is 31.0 Å². The van der Waals surface area contributed by atoms with Crippen LogP contribution in [0.1, 0.15) is 18.4 Å². The maximum absolute atomic E-state index is 13.4. The molecule has 1 saturated carbocycles. The predicted molar refractivity (Wildman–Crippen MR) is 86.5 cm³/mol. The Bertz CT molecular complexity index is 971. The molecule has 2 aromatic heterocycles. The molecule has 1 fully saturated rings. The van der Waals surface area contributed by atoms with E-state index in [1.54, 1.807) is 0 Å². The number of nitrogens with zero attached hydrogens (tertiary/aromatic N) is 4. The van der Waals surface area contributed by atoms with Crippen molar-refractivity contribution in [3.05, 3.63) is 42.1 Å². The SMILES string of the molecule is Fc1ccc(Nc2ncnc3cnc(NC4CC4)nc23)cc1C(F)(F)F. The van der Waals surface area contributed by atoms with E-state index in [9.17, 15) is 17.6 Å². The second-order valence-corrected chi connectivity index (χ2v) is 5.89. The van der Waals surface area contributed by atoms with Gasteiger partial charge in [-0.25, -0.2) is 24.3 Å². The second kappa shape index (κ2) is 6.04. The Kier molecular flexibility index (Phi) is 3.82. The summed E-state index contributed by atoms with van der Waals surface area (Å²) in [5, 5.41) is 5.88. The summed E-state index contributed by atoms with van der Waals surface area (Å²) in [5.74, 6) is -0.738. The third-order valence-electron chi connectivity index (χ3n) is 3.82. The first-order chi connectivity index (χ1) is 12.4. The van der Waals surface area contributed by atoms with E-state index in [1.807, 2.05) is 0 Å². The van der Waals surface area contributed by atoms with Crippen molar-refractivity contribution in [2.45, 2.75) is 25.1 Å². The summed E-state index contributed by atoms with van der Waals surface area (Å²) in [7, 11) is 0. The molecule has 3 aromatic rings. The number of benzene rings is 1. The molecule has 1 aliphatic carbocycles. The molecule has 0 saturated heterocycles. The lowest BCUT2D eigenvalue weighted by molar-refractivity contribution is -0.139. The van der Waals surface area contributed by atoms with Crippen LogP contribution in [0, 0.1) is 5.82 Å². The number of aromatic nitrogens is 4. The molecule has 0 spiro atoms. The molecule has 2 N–H and O–H groups in total. The van der Waals surface area contributed by atoms with Crippen molar-refractivity contribution in [3.8, 4) is 0 Å². The highest BCUT2D eigenvalue weighted by Gasteiger charge is 2.34. The van der Waals surface area contributed by atoms with Crippen LogP contribution in [0.4, 0.5) is 35.0 Å². The largest absolute Gasteiger partial charge is 0.419 e. The number of rotatable bonds is 4. The molecule has 10 heteroatoms. The van der Waals surface area contributed by atoms with Gasteiger partial charge >= 0.3 is 6.18 Å². The zero-order valence-corrected chi connectivity index (χ0v) is 13.2. The van der Waals surface area contributed by atoms with Crippen LogP contribution in [-0.2, 0) is 6.18 Å². The number of alkyl halides is 3. The van der Waals surface area contributed by atoms with E-state index < -0.39 is 17.6 Å². The number of halogens is 4. The Morgan fingerprint density at radius 1 is 1.08 bits per heavy atom. The van der Waals surface area contributed by atoms with Crippen molar-refractivity contribution >= 4 is 28.5 Å². The third-order valence-corrected chi connectivity index (χ3v) is 3.82. The molecule has 6 nitrogen and oxygen atoms in total. The van der Waals surface area contributed by atoms with Crippen LogP contribution in [0.25, 0.3) is 11.0 Å². The summed E-state index contributed by atoms with van der Waals surface area (Å²) in [5.41, 5.74) is -0.536. The second-order valence-electron chi connectivity index (χ2n) is 5.89. The zero-order valence-electron chi connectivity index (χ0n) is 13.2. The van der Waals surface area contributed by atoms with E-state index in [-0.39, 0.29) is 11.5 Å². The first kappa shape index (κ1) is 16.4. The quantitative estimate of drug-likeness (QED) is 0.684. The molecule has 0 aliphatic heterocycles. The van der Waals surface area contributed by atoms with Crippen molar-refractivity contribution in [1.29, 1.82) is 0 Å². The van der Waals surface area contributed by atoms with E-state index in [1.165, 1.54) is 18.6 Å². The molecule has 0 atom stereocenters. The number of anilines is 3. The molecule has 1 aromatic carbocycles. The van der Waals surface area contributed by atoms with Gasteiger partial charge in [-0.3, -0.25) is 0 Å². The Hall–Kier alpha value is -3.04. The van der Waals surface area contributed by atoms with Crippen LogP contribution < -0.4 is 10.6 Å². The minimum atomic E-state index is -4.79. The molecular weight excluding hydrogens is 352 g/mol. The Balaban J connectivity index is 1.70. The van der Waals surface area contributed by atoms with E-state index in [0.29, 0.717) is 29.1 Å². The van der Waals surface area contributed by atoms with Crippen molar-refractivity contribution in [2.24, 2.45) is 0 Å². The van der Waals surface area contributed by atoms with Crippen molar-refractivity contribution in [2.75, 3.05) is 10.6 Å². The normalized spacial score (nSPS) is 14.5. The van der Waals surface area contributed by atoms with Gasteiger partial charge in [0.2, 0.25) is 5.95 Å². The summed E-state index contributed by atoms with van der Waals surface area (Å²) in [6.45, 7) is 0. The number of hydrogen-bond donors (Lipinski definition) is 2. The molecule has 0 amide bonds. The molecule has 0 bridgehead atoms. The smallest absolute Gasteiger partial charge is 0.351 e. The molecule has 4 rings (SSSR count). The molecule has 1 aliphatic rings. The summed E-state index contributed by atoms with van der Waals surface area (Å²) < 4.78 is 52.1. The van der Waals surface area contributed by atoms with Crippen molar-refractivity contribution < 1.29 is 17.6 Å². The van der Waals surface area contributed by atoms with Gasteiger partial charge in [-0.2, -0.15) is 13.2 Å².